The zero-order chi connectivity index (χ0) is 21.2. The molecule has 1 aromatic carbocycles. The number of amides is 2. The van der Waals surface area contributed by atoms with Crippen LogP contribution in [0.25, 0.3) is 0 Å². The average molecular weight is 405 g/mol. The summed E-state index contributed by atoms with van der Waals surface area (Å²) in [7, 11) is 3.49. The molecule has 0 aliphatic carbocycles. The first-order valence-corrected chi connectivity index (χ1v) is 10.8. The number of carbonyl (C=O) groups is 2. The molecule has 0 radical (unpaired) electrons. The van der Waals surface area contributed by atoms with Crippen molar-refractivity contribution >= 4 is 12.0 Å². The summed E-state index contributed by atoms with van der Waals surface area (Å²) in [6, 6.07) is 7.32. The molecule has 0 saturated carbocycles. The fraction of sp³-hybridized carbons (Fsp3) is 0.652. The van der Waals surface area contributed by atoms with Crippen LogP contribution in [0.3, 0.4) is 0 Å². The van der Waals surface area contributed by atoms with Crippen LogP contribution in [-0.2, 0) is 4.74 Å². The lowest BCUT2D eigenvalue weighted by atomic mass is 9.91. The third-order valence-electron chi connectivity index (χ3n) is 5.24. The Morgan fingerprint density at radius 3 is 2.31 bits per heavy atom. The van der Waals surface area contributed by atoms with Gasteiger partial charge in [0.15, 0.2) is 0 Å². The molecule has 1 fully saturated rings. The Morgan fingerprint density at radius 1 is 1.07 bits per heavy atom. The zero-order valence-corrected chi connectivity index (χ0v) is 18.4. The lowest BCUT2D eigenvalue weighted by molar-refractivity contribution is 0.0645. The van der Waals surface area contributed by atoms with Gasteiger partial charge in [0.1, 0.15) is 5.75 Å². The molecule has 2 amide bonds. The van der Waals surface area contributed by atoms with Gasteiger partial charge in [-0.3, -0.25) is 4.79 Å². The first-order valence-electron chi connectivity index (χ1n) is 10.8. The molecule has 0 N–H and O–H groups in total. The van der Waals surface area contributed by atoms with Gasteiger partial charge in [-0.1, -0.05) is 19.3 Å². The minimum Gasteiger partial charge on any atom is -0.494 e. The number of benzene rings is 1. The Bertz CT molecular complexity index is 635. The molecule has 1 saturated heterocycles. The van der Waals surface area contributed by atoms with Crippen molar-refractivity contribution in [2.45, 2.75) is 58.5 Å². The molecular weight excluding hydrogens is 368 g/mol. The van der Waals surface area contributed by atoms with Crippen LogP contribution >= 0.6 is 0 Å². The largest absolute Gasteiger partial charge is 0.494 e. The average Bonchev–Trinajstić information content (AvgIpc) is 2.70. The van der Waals surface area contributed by atoms with E-state index in [1.54, 1.807) is 31.1 Å². The van der Waals surface area contributed by atoms with Gasteiger partial charge < -0.3 is 19.3 Å². The number of nitrogens with zero attached hydrogens (tertiary/aromatic N) is 2. The number of piperidine rings is 1. The Kier molecular flexibility index (Phi) is 9.29. The molecule has 1 heterocycles. The van der Waals surface area contributed by atoms with Crippen molar-refractivity contribution in [3.8, 4) is 5.75 Å². The Labute approximate surface area is 175 Å². The van der Waals surface area contributed by atoms with Gasteiger partial charge in [0, 0.05) is 32.7 Å². The van der Waals surface area contributed by atoms with Gasteiger partial charge in [0.05, 0.1) is 12.7 Å². The van der Waals surface area contributed by atoms with Crippen LogP contribution in [0.2, 0.25) is 0 Å². The van der Waals surface area contributed by atoms with E-state index in [2.05, 4.69) is 0 Å². The second-order valence-corrected chi connectivity index (χ2v) is 8.28. The summed E-state index contributed by atoms with van der Waals surface area (Å²) in [4.78, 5) is 27.2. The number of ether oxygens (including phenoxy) is 2. The van der Waals surface area contributed by atoms with Gasteiger partial charge in [-0.05, 0) is 63.3 Å². The van der Waals surface area contributed by atoms with Gasteiger partial charge in [-0.15, -0.1) is 0 Å². The van der Waals surface area contributed by atoms with E-state index in [0.29, 0.717) is 18.1 Å². The molecule has 6 nitrogen and oxygen atoms in total. The number of likely N-dealkylation sites (tertiary alicyclic amines) is 1. The minimum atomic E-state index is -0.172. The predicted molar refractivity (Wildman–Crippen MR) is 114 cm³/mol. The van der Waals surface area contributed by atoms with Crippen molar-refractivity contribution < 1.29 is 19.1 Å². The summed E-state index contributed by atoms with van der Waals surface area (Å²) in [6.45, 7) is 6.09. The highest BCUT2D eigenvalue weighted by Gasteiger charge is 2.23. The maximum atomic E-state index is 11.9. The highest BCUT2D eigenvalue weighted by Crippen LogP contribution is 2.23. The van der Waals surface area contributed by atoms with E-state index in [1.165, 1.54) is 12.8 Å². The number of carbonyl (C=O) groups excluding carboxylic acids is 2. The third-order valence-corrected chi connectivity index (χ3v) is 5.24. The van der Waals surface area contributed by atoms with Crippen LogP contribution in [0.1, 0.15) is 62.7 Å². The monoisotopic (exact) mass is 404 g/mol. The fourth-order valence-electron chi connectivity index (χ4n) is 3.53. The zero-order valence-electron chi connectivity index (χ0n) is 18.4. The summed E-state index contributed by atoms with van der Waals surface area (Å²) < 4.78 is 11.1. The molecule has 0 spiro atoms. The van der Waals surface area contributed by atoms with Crippen LogP contribution in [0, 0.1) is 5.92 Å². The second kappa shape index (κ2) is 11.7. The molecule has 1 aromatic rings. The molecule has 1 aliphatic rings. The van der Waals surface area contributed by atoms with Crippen molar-refractivity contribution in [2.75, 3.05) is 33.8 Å². The number of unbranched alkanes of at least 4 members (excludes halogenated alkanes) is 2. The molecule has 0 bridgehead atoms. The van der Waals surface area contributed by atoms with Crippen molar-refractivity contribution in [3.05, 3.63) is 29.8 Å². The van der Waals surface area contributed by atoms with Gasteiger partial charge in [0.2, 0.25) is 0 Å². The summed E-state index contributed by atoms with van der Waals surface area (Å²) >= 11 is 0. The SMILES string of the molecule is CC(C)OC(=O)N1CCC(CCCCCOc2ccc(C(=O)N(C)C)cc2)CC1. The molecule has 0 aromatic heterocycles. The molecule has 2 rings (SSSR count). The highest BCUT2D eigenvalue weighted by molar-refractivity contribution is 5.93. The Balaban J connectivity index is 1.54. The Morgan fingerprint density at radius 2 is 1.72 bits per heavy atom. The van der Waals surface area contributed by atoms with Crippen LogP contribution in [0.15, 0.2) is 24.3 Å². The van der Waals surface area contributed by atoms with Crippen molar-refractivity contribution in [1.29, 1.82) is 0 Å². The molecule has 162 valence electrons. The lowest BCUT2D eigenvalue weighted by Crippen LogP contribution is -2.39. The van der Waals surface area contributed by atoms with Crippen molar-refractivity contribution in [2.24, 2.45) is 5.92 Å². The maximum Gasteiger partial charge on any atom is 0.410 e. The smallest absolute Gasteiger partial charge is 0.410 e. The quantitative estimate of drug-likeness (QED) is 0.565. The summed E-state index contributed by atoms with van der Waals surface area (Å²) in [6.07, 6.45) is 6.50. The third kappa shape index (κ3) is 7.95. The van der Waals surface area contributed by atoms with Crippen molar-refractivity contribution in [3.63, 3.8) is 0 Å². The van der Waals surface area contributed by atoms with E-state index in [4.69, 9.17) is 9.47 Å². The molecular formula is C23H36N2O4. The van der Waals surface area contributed by atoms with Crippen LogP contribution in [0.5, 0.6) is 5.75 Å². The van der Waals surface area contributed by atoms with Gasteiger partial charge in [-0.2, -0.15) is 0 Å². The van der Waals surface area contributed by atoms with Crippen LogP contribution < -0.4 is 4.74 Å². The molecule has 0 unspecified atom stereocenters. The first kappa shape index (κ1) is 23.0. The summed E-state index contributed by atoms with van der Waals surface area (Å²) in [5.41, 5.74) is 0.672. The maximum absolute atomic E-state index is 11.9. The van der Waals surface area contributed by atoms with E-state index in [1.807, 2.05) is 30.9 Å². The molecule has 1 aliphatic heterocycles. The van der Waals surface area contributed by atoms with Gasteiger partial charge in [-0.25, -0.2) is 4.79 Å². The van der Waals surface area contributed by atoms with Gasteiger partial charge in [0.25, 0.3) is 5.91 Å². The standard InChI is InChI=1S/C23H36N2O4/c1-18(2)29-23(27)25-15-13-19(14-16-25)8-6-5-7-17-28-21-11-9-20(10-12-21)22(26)24(3)4/h9-12,18-19H,5-8,13-17H2,1-4H3. The molecule has 0 atom stereocenters. The van der Waals surface area contributed by atoms with Gasteiger partial charge >= 0.3 is 6.09 Å². The van der Waals surface area contributed by atoms with Crippen LogP contribution in [-0.4, -0.2) is 61.7 Å². The van der Waals surface area contributed by atoms with E-state index < -0.39 is 0 Å². The molecule has 29 heavy (non-hydrogen) atoms. The predicted octanol–water partition coefficient (Wildman–Crippen LogP) is 4.58. The van der Waals surface area contributed by atoms with E-state index in [0.717, 1.165) is 44.5 Å². The number of hydrogen-bond acceptors (Lipinski definition) is 4. The number of rotatable bonds is 9. The minimum absolute atomic E-state index is 0.000743. The summed E-state index contributed by atoms with van der Waals surface area (Å²) in [5, 5.41) is 0. The lowest BCUT2D eigenvalue weighted by Gasteiger charge is -2.31. The highest BCUT2D eigenvalue weighted by atomic mass is 16.6. The normalized spacial score (nSPS) is 14.7. The van der Waals surface area contributed by atoms with E-state index in [-0.39, 0.29) is 18.1 Å². The van der Waals surface area contributed by atoms with Crippen LogP contribution in [0.4, 0.5) is 4.79 Å². The fourth-order valence-corrected chi connectivity index (χ4v) is 3.53. The Hall–Kier alpha value is -2.24. The second-order valence-electron chi connectivity index (χ2n) is 8.28. The first-order chi connectivity index (χ1) is 13.9. The van der Waals surface area contributed by atoms with Crippen molar-refractivity contribution in [1.82, 2.24) is 9.80 Å². The summed E-state index contributed by atoms with van der Waals surface area (Å²) in [5.74, 6) is 1.51. The molecule has 6 heteroatoms. The topological polar surface area (TPSA) is 59.1 Å². The van der Waals surface area contributed by atoms with E-state index >= 15 is 0 Å². The van der Waals surface area contributed by atoms with E-state index in [9.17, 15) is 9.59 Å². The number of hydrogen-bond donors (Lipinski definition) is 0.